The Hall–Kier alpha value is -0.530. The van der Waals surface area contributed by atoms with Gasteiger partial charge in [0, 0.05) is 17.1 Å². The van der Waals surface area contributed by atoms with Gasteiger partial charge in [-0.05, 0) is 55.7 Å². The molecule has 110 valence electrons. The summed E-state index contributed by atoms with van der Waals surface area (Å²) in [5.74, 6) is 2.02. The van der Waals surface area contributed by atoms with Gasteiger partial charge in [0.2, 0.25) is 0 Å². The van der Waals surface area contributed by atoms with Crippen LogP contribution in [0, 0.1) is 11.8 Å². The van der Waals surface area contributed by atoms with Crippen molar-refractivity contribution in [2.24, 2.45) is 11.8 Å². The van der Waals surface area contributed by atoms with Gasteiger partial charge in [-0.2, -0.15) is 0 Å². The molecule has 0 bridgehead atoms. The first-order valence-electron chi connectivity index (χ1n) is 8.24. The van der Waals surface area contributed by atoms with Crippen molar-refractivity contribution in [1.29, 1.82) is 0 Å². The van der Waals surface area contributed by atoms with E-state index in [0.717, 1.165) is 16.9 Å². The van der Waals surface area contributed by atoms with Crippen LogP contribution in [0.3, 0.4) is 0 Å². The van der Waals surface area contributed by atoms with Gasteiger partial charge in [-0.25, -0.2) is 0 Å². The molecular weight excluding hydrogens is 266 g/mol. The molecule has 1 aromatic carbocycles. The molecule has 3 rings (SSSR count). The van der Waals surface area contributed by atoms with Gasteiger partial charge in [0.05, 0.1) is 0 Å². The van der Waals surface area contributed by atoms with Gasteiger partial charge < -0.3 is 5.32 Å². The smallest absolute Gasteiger partial charge is 0.0409 e. The van der Waals surface area contributed by atoms with Crippen molar-refractivity contribution in [3.63, 3.8) is 0 Å². The van der Waals surface area contributed by atoms with Crippen molar-refractivity contribution in [1.82, 2.24) is 5.32 Å². The van der Waals surface area contributed by atoms with Gasteiger partial charge in [-0.1, -0.05) is 49.4 Å². The van der Waals surface area contributed by atoms with Crippen LogP contribution < -0.4 is 5.32 Å². The highest BCUT2D eigenvalue weighted by Crippen LogP contribution is 2.40. The van der Waals surface area contributed by atoms with Gasteiger partial charge >= 0.3 is 0 Å². The molecule has 0 aromatic heterocycles. The van der Waals surface area contributed by atoms with Gasteiger partial charge in [-0.15, -0.1) is 0 Å². The monoisotopic (exact) mass is 291 g/mol. The van der Waals surface area contributed by atoms with Crippen molar-refractivity contribution in [3.8, 4) is 0 Å². The Labute approximate surface area is 128 Å². The SMILES string of the molecule is CC(NC1CCC2CCCCC2C1)c1cccc(Cl)c1. The molecule has 0 amide bonds. The van der Waals surface area contributed by atoms with Crippen LogP contribution >= 0.6 is 11.6 Å². The zero-order valence-corrected chi connectivity index (χ0v) is 13.2. The van der Waals surface area contributed by atoms with Crippen molar-refractivity contribution in [3.05, 3.63) is 34.9 Å². The third-order valence-corrected chi connectivity index (χ3v) is 5.61. The lowest BCUT2D eigenvalue weighted by Crippen LogP contribution is -2.39. The molecule has 4 atom stereocenters. The predicted octanol–water partition coefficient (Wildman–Crippen LogP) is 5.35. The zero-order chi connectivity index (χ0) is 13.9. The van der Waals surface area contributed by atoms with Gasteiger partial charge in [0.25, 0.3) is 0 Å². The number of nitrogens with one attached hydrogen (secondary N) is 1. The highest BCUT2D eigenvalue weighted by atomic mass is 35.5. The van der Waals surface area contributed by atoms with E-state index < -0.39 is 0 Å². The van der Waals surface area contributed by atoms with Gasteiger partial charge in [-0.3, -0.25) is 0 Å². The number of benzene rings is 1. The maximum Gasteiger partial charge on any atom is 0.0409 e. The Balaban J connectivity index is 1.58. The van der Waals surface area contributed by atoms with Crippen molar-refractivity contribution in [2.45, 2.75) is 64.0 Å². The van der Waals surface area contributed by atoms with Crippen LogP contribution in [0.2, 0.25) is 5.02 Å². The molecule has 1 aromatic rings. The van der Waals surface area contributed by atoms with Crippen molar-refractivity contribution in [2.75, 3.05) is 0 Å². The second-order valence-electron chi connectivity index (χ2n) is 6.76. The molecule has 2 fully saturated rings. The molecule has 0 radical (unpaired) electrons. The van der Waals surface area contributed by atoms with E-state index in [4.69, 9.17) is 11.6 Å². The number of rotatable bonds is 3. The lowest BCUT2D eigenvalue weighted by molar-refractivity contribution is 0.139. The van der Waals surface area contributed by atoms with Crippen LogP contribution in [-0.4, -0.2) is 6.04 Å². The van der Waals surface area contributed by atoms with Crippen LogP contribution in [0.25, 0.3) is 0 Å². The van der Waals surface area contributed by atoms with E-state index in [-0.39, 0.29) is 0 Å². The molecule has 2 aliphatic carbocycles. The fourth-order valence-electron chi connectivity index (χ4n) is 4.25. The maximum atomic E-state index is 6.10. The van der Waals surface area contributed by atoms with E-state index in [0.29, 0.717) is 12.1 Å². The third-order valence-electron chi connectivity index (χ3n) is 5.37. The average Bonchev–Trinajstić information content (AvgIpc) is 2.47. The molecule has 2 heteroatoms. The minimum Gasteiger partial charge on any atom is -0.307 e. The molecule has 1 nitrogen and oxygen atoms in total. The molecule has 4 unspecified atom stereocenters. The van der Waals surface area contributed by atoms with E-state index in [1.165, 1.54) is 50.5 Å². The van der Waals surface area contributed by atoms with E-state index in [1.807, 2.05) is 12.1 Å². The highest BCUT2D eigenvalue weighted by molar-refractivity contribution is 6.30. The van der Waals surface area contributed by atoms with Crippen LogP contribution in [0.1, 0.15) is 63.5 Å². The molecule has 1 N–H and O–H groups in total. The van der Waals surface area contributed by atoms with Crippen LogP contribution in [0.15, 0.2) is 24.3 Å². The van der Waals surface area contributed by atoms with E-state index in [1.54, 1.807) is 0 Å². The molecular formula is C18H26ClN. The molecule has 2 saturated carbocycles. The lowest BCUT2D eigenvalue weighted by atomic mass is 9.69. The summed E-state index contributed by atoms with van der Waals surface area (Å²) in [6.07, 6.45) is 10.1. The Bertz CT molecular complexity index is 445. The average molecular weight is 292 g/mol. The summed E-state index contributed by atoms with van der Waals surface area (Å²) in [6, 6.07) is 9.36. The number of hydrogen-bond donors (Lipinski definition) is 1. The minimum atomic E-state index is 0.402. The Kier molecular flexibility index (Phi) is 4.68. The largest absolute Gasteiger partial charge is 0.307 e. The van der Waals surface area contributed by atoms with E-state index in [9.17, 15) is 0 Å². The maximum absolute atomic E-state index is 6.10. The fourth-order valence-corrected chi connectivity index (χ4v) is 4.45. The van der Waals surface area contributed by atoms with Crippen molar-refractivity contribution < 1.29 is 0 Å². The molecule has 20 heavy (non-hydrogen) atoms. The molecule has 0 aliphatic heterocycles. The van der Waals surface area contributed by atoms with Gasteiger partial charge in [0.1, 0.15) is 0 Å². The Morgan fingerprint density at radius 3 is 2.70 bits per heavy atom. The molecule has 0 heterocycles. The summed E-state index contributed by atoms with van der Waals surface area (Å²) < 4.78 is 0. The minimum absolute atomic E-state index is 0.402. The number of halogens is 1. The summed E-state index contributed by atoms with van der Waals surface area (Å²) in [6.45, 7) is 2.26. The van der Waals surface area contributed by atoms with E-state index in [2.05, 4.69) is 24.4 Å². The topological polar surface area (TPSA) is 12.0 Å². The quantitative estimate of drug-likeness (QED) is 0.791. The number of fused-ring (bicyclic) bond motifs is 1. The van der Waals surface area contributed by atoms with Crippen LogP contribution in [0.5, 0.6) is 0 Å². The first kappa shape index (κ1) is 14.4. The van der Waals surface area contributed by atoms with Crippen LogP contribution in [0.4, 0.5) is 0 Å². The summed E-state index contributed by atoms with van der Waals surface area (Å²) in [5.41, 5.74) is 1.31. The molecule has 0 saturated heterocycles. The first-order valence-corrected chi connectivity index (χ1v) is 8.61. The fraction of sp³-hybridized carbons (Fsp3) is 0.667. The predicted molar refractivity (Wildman–Crippen MR) is 86.1 cm³/mol. The molecule has 0 spiro atoms. The second kappa shape index (κ2) is 6.49. The summed E-state index contributed by atoms with van der Waals surface area (Å²) in [4.78, 5) is 0. The van der Waals surface area contributed by atoms with E-state index >= 15 is 0 Å². The lowest BCUT2D eigenvalue weighted by Gasteiger charge is -2.40. The van der Waals surface area contributed by atoms with Crippen LogP contribution in [-0.2, 0) is 0 Å². The standard InChI is InChI=1S/C18H26ClN/c1-13(15-7-4-8-17(19)11-15)20-18-10-9-14-5-2-3-6-16(14)12-18/h4,7-8,11,13-14,16,18,20H,2-3,5-6,9-10,12H2,1H3. The zero-order valence-electron chi connectivity index (χ0n) is 12.4. The highest BCUT2D eigenvalue weighted by Gasteiger charge is 2.32. The van der Waals surface area contributed by atoms with Crippen molar-refractivity contribution >= 4 is 11.6 Å². The summed E-state index contributed by atoms with van der Waals surface area (Å²) in [7, 11) is 0. The Morgan fingerprint density at radius 2 is 1.90 bits per heavy atom. The van der Waals surface area contributed by atoms with Gasteiger partial charge in [0.15, 0.2) is 0 Å². The number of hydrogen-bond acceptors (Lipinski definition) is 1. The second-order valence-corrected chi connectivity index (χ2v) is 7.19. The Morgan fingerprint density at radius 1 is 1.10 bits per heavy atom. The normalized spacial score (nSPS) is 31.6. The first-order chi connectivity index (χ1) is 9.72. The summed E-state index contributed by atoms with van der Waals surface area (Å²) in [5, 5.41) is 4.68. The summed E-state index contributed by atoms with van der Waals surface area (Å²) >= 11 is 6.10. The third kappa shape index (κ3) is 3.38. The molecule has 2 aliphatic rings.